The highest BCUT2D eigenvalue weighted by Crippen LogP contribution is 2.74. The summed E-state index contributed by atoms with van der Waals surface area (Å²) in [7, 11) is 1.47. The minimum Gasteiger partial charge on any atom is -0.468 e. The van der Waals surface area contributed by atoms with Crippen LogP contribution in [0.4, 0.5) is 0 Å². The summed E-state index contributed by atoms with van der Waals surface area (Å²) in [4.78, 5) is 39.9. The Labute approximate surface area is 211 Å². The second-order valence-corrected chi connectivity index (χ2v) is 14.4. The van der Waals surface area contributed by atoms with Crippen molar-refractivity contribution in [3.63, 3.8) is 0 Å². The van der Waals surface area contributed by atoms with Crippen molar-refractivity contribution in [1.29, 1.82) is 0 Å². The molecule has 0 N–H and O–H groups in total. The normalized spacial score (nSPS) is 48.5. The molecule has 5 aliphatic carbocycles. The van der Waals surface area contributed by atoms with Crippen molar-refractivity contribution in [2.45, 2.75) is 99.8 Å². The number of Topliss-reactive ketones (excluding diaryl/α,β-unsaturated/α-hetero) is 1. The highest BCUT2D eigenvalue weighted by atomic mass is 16.5. The molecule has 4 nitrogen and oxygen atoms in total. The van der Waals surface area contributed by atoms with Crippen LogP contribution in [0.1, 0.15) is 99.8 Å². The molecule has 0 spiro atoms. The van der Waals surface area contributed by atoms with Gasteiger partial charge in [0.25, 0.3) is 0 Å². The van der Waals surface area contributed by atoms with Gasteiger partial charge in [0.05, 0.1) is 12.5 Å². The van der Waals surface area contributed by atoms with Crippen LogP contribution in [-0.2, 0) is 19.1 Å². The molecule has 3 fully saturated rings. The average molecular weight is 481 g/mol. The number of ether oxygens (including phenoxy) is 1. The van der Waals surface area contributed by atoms with Gasteiger partial charge in [-0.2, -0.15) is 0 Å². The Balaban J connectivity index is 1.67. The van der Waals surface area contributed by atoms with Crippen molar-refractivity contribution in [1.82, 2.24) is 0 Å². The number of carbonyl (C=O) groups excluding carboxylic acids is 3. The van der Waals surface area contributed by atoms with Crippen molar-refractivity contribution >= 4 is 17.5 Å². The third-order valence-electron chi connectivity index (χ3n) is 12.4. The van der Waals surface area contributed by atoms with E-state index in [2.05, 4.69) is 47.6 Å². The van der Waals surface area contributed by atoms with Crippen molar-refractivity contribution < 1.29 is 19.1 Å². The van der Waals surface area contributed by atoms with E-state index < -0.39 is 5.41 Å². The van der Waals surface area contributed by atoms with Crippen LogP contribution in [0.25, 0.3) is 0 Å². The molecule has 0 aliphatic heterocycles. The van der Waals surface area contributed by atoms with Gasteiger partial charge in [0, 0.05) is 17.8 Å². The van der Waals surface area contributed by atoms with E-state index in [1.54, 1.807) is 0 Å². The molecular weight excluding hydrogens is 436 g/mol. The number of hydrogen-bond donors (Lipinski definition) is 0. The molecule has 7 atom stereocenters. The monoisotopic (exact) mass is 480 g/mol. The molecular formula is C31H44O4. The minimum atomic E-state index is -0.652. The first-order chi connectivity index (χ1) is 16.1. The van der Waals surface area contributed by atoms with Gasteiger partial charge in [0.1, 0.15) is 5.78 Å². The highest BCUT2D eigenvalue weighted by Gasteiger charge is 2.69. The van der Waals surface area contributed by atoms with E-state index in [4.69, 9.17) is 4.74 Å². The Morgan fingerprint density at radius 1 is 0.886 bits per heavy atom. The molecule has 0 saturated heterocycles. The van der Waals surface area contributed by atoms with E-state index in [1.807, 2.05) is 13.0 Å². The van der Waals surface area contributed by atoms with E-state index >= 15 is 0 Å². The van der Waals surface area contributed by atoms with Crippen molar-refractivity contribution in [3.8, 4) is 0 Å². The van der Waals surface area contributed by atoms with Crippen LogP contribution < -0.4 is 0 Å². The Hall–Kier alpha value is -1.71. The summed E-state index contributed by atoms with van der Waals surface area (Å²) in [6, 6.07) is 0. The molecule has 0 unspecified atom stereocenters. The molecule has 0 radical (unpaired) electrons. The Bertz CT molecular complexity index is 1080. The predicted octanol–water partition coefficient (Wildman–Crippen LogP) is 6.63. The second kappa shape index (κ2) is 7.19. The quantitative estimate of drug-likeness (QED) is 0.395. The standard InChI is InChI=1S/C31H44O4/c1-26(2)22-9-12-31(7)24(29(22,5)11-10-23(26)33)21(32)17-19-20-18-28(4,25(34)35-8)14-13-27(20,3)15-16-30(19,31)6/h17-18,22,24H,9-16H2,1-8H3/t22-,24+,27-,28+,29+,30-,31-/m1/s1. The van der Waals surface area contributed by atoms with Crippen LogP contribution >= 0.6 is 0 Å². The first-order valence-electron chi connectivity index (χ1n) is 13.7. The van der Waals surface area contributed by atoms with Gasteiger partial charge in [0.2, 0.25) is 0 Å². The summed E-state index contributed by atoms with van der Waals surface area (Å²) in [5, 5.41) is 0. The molecule has 0 heterocycles. The SMILES string of the molecule is COC(=O)[C@]1(C)C=C2C3=CC(=O)[C@H]4[C@@]5(C)CCC(=O)C(C)(C)[C@H]5CC[C@@]4(C)[C@]3(C)CC[C@@]2(C)CC1. The number of fused-ring (bicyclic) bond motifs is 7. The maximum Gasteiger partial charge on any atom is 0.315 e. The molecule has 3 saturated carbocycles. The molecule has 5 rings (SSSR count). The molecule has 35 heavy (non-hydrogen) atoms. The summed E-state index contributed by atoms with van der Waals surface area (Å²) >= 11 is 0. The third-order valence-corrected chi connectivity index (χ3v) is 12.4. The van der Waals surface area contributed by atoms with Crippen molar-refractivity contribution in [3.05, 3.63) is 23.3 Å². The largest absolute Gasteiger partial charge is 0.468 e. The number of allylic oxidation sites excluding steroid dienone is 3. The molecule has 0 aromatic heterocycles. The third kappa shape index (κ3) is 2.95. The van der Waals surface area contributed by atoms with Gasteiger partial charge in [-0.25, -0.2) is 0 Å². The number of rotatable bonds is 1. The fourth-order valence-electron chi connectivity index (χ4n) is 9.79. The summed E-state index contributed by atoms with van der Waals surface area (Å²) < 4.78 is 5.20. The van der Waals surface area contributed by atoms with E-state index in [0.29, 0.717) is 12.2 Å². The first kappa shape index (κ1) is 25.0. The van der Waals surface area contributed by atoms with Crippen LogP contribution in [0, 0.1) is 44.3 Å². The van der Waals surface area contributed by atoms with E-state index in [9.17, 15) is 14.4 Å². The van der Waals surface area contributed by atoms with Gasteiger partial charge in [-0.1, -0.05) is 47.6 Å². The topological polar surface area (TPSA) is 60.4 Å². The summed E-state index contributed by atoms with van der Waals surface area (Å²) in [5.74, 6) is 0.580. The number of hydrogen-bond acceptors (Lipinski definition) is 4. The van der Waals surface area contributed by atoms with Gasteiger partial charge in [0.15, 0.2) is 5.78 Å². The van der Waals surface area contributed by atoms with Gasteiger partial charge in [-0.15, -0.1) is 0 Å². The van der Waals surface area contributed by atoms with Crippen LogP contribution in [0.2, 0.25) is 0 Å². The molecule has 5 aliphatic rings. The molecule has 0 bridgehead atoms. The van der Waals surface area contributed by atoms with E-state index in [-0.39, 0.29) is 50.7 Å². The lowest BCUT2D eigenvalue weighted by Crippen LogP contribution is -2.65. The second-order valence-electron chi connectivity index (χ2n) is 14.4. The molecule has 4 heteroatoms. The van der Waals surface area contributed by atoms with Gasteiger partial charge < -0.3 is 4.74 Å². The van der Waals surface area contributed by atoms with Crippen LogP contribution in [-0.4, -0.2) is 24.6 Å². The van der Waals surface area contributed by atoms with E-state index in [0.717, 1.165) is 44.9 Å². The van der Waals surface area contributed by atoms with Gasteiger partial charge in [-0.05, 0) is 96.7 Å². The lowest BCUT2D eigenvalue weighted by atomic mass is 9.34. The van der Waals surface area contributed by atoms with Crippen molar-refractivity contribution in [2.75, 3.05) is 7.11 Å². The maximum absolute atomic E-state index is 14.2. The molecule has 0 aromatic rings. The maximum atomic E-state index is 14.2. The summed E-state index contributed by atoms with van der Waals surface area (Å²) in [5.41, 5.74) is 0.877. The van der Waals surface area contributed by atoms with Gasteiger partial charge >= 0.3 is 5.97 Å². The number of esters is 1. The van der Waals surface area contributed by atoms with Crippen LogP contribution in [0.3, 0.4) is 0 Å². The molecule has 0 amide bonds. The highest BCUT2D eigenvalue weighted by molar-refractivity contribution is 5.97. The lowest BCUT2D eigenvalue weighted by molar-refractivity contribution is -0.182. The zero-order valence-electron chi connectivity index (χ0n) is 23.1. The van der Waals surface area contributed by atoms with Crippen molar-refractivity contribution in [2.24, 2.45) is 44.3 Å². The molecule has 192 valence electrons. The van der Waals surface area contributed by atoms with Gasteiger partial charge in [-0.3, -0.25) is 14.4 Å². The Kier molecular flexibility index (Phi) is 5.13. The van der Waals surface area contributed by atoms with Crippen LogP contribution in [0.15, 0.2) is 23.3 Å². The predicted molar refractivity (Wildman–Crippen MR) is 136 cm³/mol. The first-order valence-corrected chi connectivity index (χ1v) is 13.7. The van der Waals surface area contributed by atoms with E-state index in [1.165, 1.54) is 18.3 Å². The Morgan fingerprint density at radius 3 is 2.20 bits per heavy atom. The summed E-state index contributed by atoms with van der Waals surface area (Å²) in [6.07, 6.45) is 11.3. The minimum absolute atomic E-state index is 0.0112. The smallest absolute Gasteiger partial charge is 0.315 e. The zero-order chi connectivity index (χ0) is 25.8. The fourth-order valence-corrected chi connectivity index (χ4v) is 9.79. The summed E-state index contributed by atoms with van der Waals surface area (Å²) in [6.45, 7) is 15.6. The number of methoxy groups -OCH3 is 1. The number of carbonyl (C=O) groups is 3. The fraction of sp³-hybridized carbons (Fsp3) is 0.774. The lowest BCUT2D eigenvalue weighted by Gasteiger charge is -2.68. The van der Waals surface area contributed by atoms with Crippen LogP contribution in [0.5, 0.6) is 0 Å². The average Bonchev–Trinajstić information content (AvgIpc) is 2.78. The Morgan fingerprint density at radius 2 is 1.54 bits per heavy atom. The zero-order valence-corrected chi connectivity index (χ0v) is 23.1. The number of ketones is 2. The molecule has 0 aromatic carbocycles.